The minimum atomic E-state index is -0.781. The molecule has 0 saturated heterocycles. The number of rotatable bonds is 66. The highest BCUT2D eigenvalue weighted by Crippen LogP contribution is 2.18. The van der Waals surface area contributed by atoms with Crippen LogP contribution in [0.4, 0.5) is 0 Å². The summed E-state index contributed by atoms with van der Waals surface area (Å²) in [6, 6.07) is 0. The van der Waals surface area contributed by atoms with Crippen LogP contribution < -0.4 is 0 Å². The first-order valence-corrected chi connectivity index (χ1v) is 35.6. The maximum absolute atomic E-state index is 12.9. The summed E-state index contributed by atoms with van der Waals surface area (Å²) < 4.78 is 17.0. The van der Waals surface area contributed by atoms with E-state index in [0.29, 0.717) is 19.3 Å². The summed E-state index contributed by atoms with van der Waals surface area (Å²) in [7, 11) is 0. The van der Waals surface area contributed by atoms with Crippen LogP contribution in [0.15, 0.2) is 48.6 Å². The molecule has 0 spiro atoms. The lowest BCUT2D eigenvalue weighted by molar-refractivity contribution is -0.167. The molecule has 0 rings (SSSR count). The molecule has 0 aliphatic carbocycles. The lowest BCUT2D eigenvalue weighted by Crippen LogP contribution is -2.30. The molecule has 6 heteroatoms. The summed E-state index contributed by atoms with van der Waals surface area (Å²) in [6.07, 6.45) is 87.2. The quantitative estimate of drug-likeness (QED) is 0.0261. The molecule has 1 unspecified atom stereocenters. The Kier molecular flexibility index (Phi) is 66.6. The summed E-state index contributed by atoms with van der Waals surface area (Å²) >= 11 is 0. The van der Waals surface area contributed by atoms with Crippen LogP contribution in [-0.4, -0.2) is 37.2 Å². The zero-order chi connectivity index (χ0) is 57.8. The number of carbonyl (C=O) groups is 3. The molecule has 0 aromatic carbocycles. The van der Waals surface area contributed by atoms with E-state index in [1.165, 1.54) is 257 Å². The Morgan fingerprint density at radius 1 is 0.250 bits per heavy atom. The molecule has 0 aliphatic heterocycles. The van der Waals surface area contributed by atoms with Crippen LogP contribution in [0, 0.1) is 0 Å². The molecular formula is C74H136O6. The maximum atomic E-state index is 12.9. The van der Waals surface area contributed by atoms with E-state index in [1.54, 1.807) is 0 Å². The molecule has 0 aromatic rings. The highest BCUT2D eigenvalue weighted by molar-refractivity contribution is 5.71. The first-order chi connectivity index (χ1) is 39.5. The van der Waals surface area contributed by atoms with Crippen molar-refractivity contribution < 1.29 is 28.6 Å². The van der Waals surface area contributed by atoms with Gasteiger partial charge in [-0.1, -0.05) is 339 Å². The Hall–Kier alpha value is -2.63. The fraction of sp³-hybridized carbons (Fsp3) is 0.851. The zero-order valence-electron chi connectivity index (χ0n) is 53.9. The number of carbonyl (C=O) groups excluding carboxylic acids is 3. The minimum Gasteiger partial charge on any atom is -0.462 e. The first kappa shape index (κ1) is 77.4. The van der Waals surface area contributed by atoms with E-state index in [-0.39, 0.29) is 31.1 Å². The van der Waals surface area contributed by atoms with Gasteiger partial charge in [-0.15, -0.1) is 0 Å². The molecule has 0 bridgehead atoms. The van der Waals surface area contributed by atoms with Crippen molar-refractivity contribution in [2.24, 2.45) is 0 Å². The number of unbranched alkanes of at least 4 members (excludes halogenated alkanes) is 47. The largest absolute Gasteiger partial charge is 0.462 e. The van der Waals surface area contributed by atoms with Gasteiger partial charge in [-0.25, -0.2) is 0 Å². The van der Waals surface area contributed by atoms with Crippen molar-refractivity contribution in [2.45, 2.75) is 393 Å². The summed E-state index contributed by atoms with van der Waals surface area (Å²) in [4.78, 5) is 38.4. The van der Waals surface area contributed by atoms with Gasteiger partial charge in [0, 0.05) is 19.3 Å². The Morgan fingerprint density at radius 3 is 0.738 bits per heavy atom. The SMILES string of the molecule is CCC/C=C\C/C=C\CCCCCCCC(=O)OCC(COC(=O)CCCCCCCCCCCCCCCCCCCCCCCCCCCCCC)OC(=O)CCCCCCCCCCC/C=C\C/C=C\CCCCCCC. The summed E-state index contributed by atoms with van der Waals surface area (Å²) in [5.74, 6) is -0.870. The number of esters is 3. The fourth-order valence-corrected chi connectivity index (χ4v) is 10.7. The predicted octanol–water partition coefficient (Wildman–Crippen LogP) is 24.5. The van der Waals surface area contributed by atoms with Crippen LogP contribution in [0.3, 0.4) is 0 Å². The van der Waals surface area contributed by atoms with Crippen LogP contribution in [0.1, 0.15) is 387 Å². The highest BCUT2D eigenvalue weighted by atomic mass is 16.6. The molecule has 0 amide bonds. The van der Waals surface area contributed by atoms with Crippen molar-refractivity contribution in [2.75, 3.05) is 13.2 Å². The topological polar surface area (TPSA) is 78.9 Å². The molecule has 0 N–H and O–H groups in total. The Bertz CT molecular complexity index is 1380. The van der Waals surface area contributed by atoms with E-state index >= 15 is 0 Å². The third-order valence-electron chi connectivity index (χ3n) is 16.0. The van der Waals surface area contributed by atoms with Gasteiger partial charge in [-0.05, 0) is 77.0 Å². The number of ether oxygens (including phenoxy) is 3. The average Bonchev–Trinajstić information content (AvgIpc) is 3.46. The third kappa shape index (κ3) is 66.2. The lowest BCUT2D eigenvalue weighted by Gasteiger charge is -2.18. The van der Waals surface area contributed by atoms with Crippen molar-refractivity contribution in [3.05, 3.63) is 48.6 Å². The molecule has 0 aliphatic rings. The predicted molar refractivity (Wildman–Crippen MR) is 349 cm³/mol. The van der Waals surface area contributed by atoms with Crippen LogP contribution in [0.25, 0.3) is 0 Å². The maximum Gasteiger partial charge on any atom is 0.306 e. The van der Waals surface area contributed by atoms with Crippen molar-refractivity contribution in [1.29, 1.82) is 0 Å². The third-order valence-corrected chi connectivity index (χ3v) is 16.0. The van der Waals surface area contributed by atoms with E-state index in [9.17, 15) is 14.4 Å². The van der Waals surface area contributed by atoms with Gasteiger partial charge in [0.05, 0.1) is 0 Å². The van der Waals surface area contributed by atoms with Crippen molar-refractivity contribution in [1.82, 2.24) is 0 Å². The summed E-state index contributed by atoms with van der Waals surface area (Å²) in [5.41, 5.74) is 0. The smallest absolute Gasteiger partial charge is 0.306 e. The highest BCUT2D eigenvalue weighted by Gasteiger charge is 2.19. The van der Waals surface area contributed by atoms with Crippen molar-refractivity contribution in [3.8, 4) is 0 Å². The Morgan fingerprint density at radius 2 is 0.475 bits per heavy atom. The average molecular weight is 1120 g/mol. The second kappa shape index (κ2) is 68.9. The first-order valence-electron chi connectivity index (χ1n) is 35.6. The minimum absolute atomic E-state index is 0.0756. The molecule has 0 heterocycles. The normalized spacial score (nSPS) is 12.3. The monoisotopic (exact) mass is 1120 g/mol. The van der Waals surface area contributed by atoms with E-state index in [2.05, 4.69) is 69.4 Å². The second-order valence-electron chi connectivity index (χ2n) is 24.1. The zero-order valence-corrected chi connectivity index (χ0v) is 53.9. The fourth-order valence-electron chi connectivity index (χ4n) is 10.7. The van der Waals surface area contributed by atoms with Crippen LogP contribution in [0.2, 0.25) is 0 Å². The van der Waals surface area contributed by atoms with Gasteiger partial charge in [0.15, 0.2) is 6.10 Å². The summed E-state index contributed by atoms with van der Waals surface area (Å²) in [6.45, 7) is 6.62. The molecule has 1 atom stereocenters. The number of hydrogen-bond acceptors (Lipinski definition) is 6. The van der Waals surface area contributed by atoms with Crippen molar-refractivity contribution in [3.63, 3.8) is 0 Å². The molecule has 80 heavy (non-hydrogen) atoms. The van der Waals surface area contributed by atoms with Gasteiger partial charge >= 0.3 is 17.9 Å². The molecule has 0 radical (unpaired) electrons. The molecular weight excluding hydrogens is 985 g/mol. The number of hydrogen-bond donors (Lipinski definition) is 0. The molecule has 0 aromatic heterocycles. The van der Waals surface area contributed by atoms with E-state index in [4.69, 9.17) is 14.2 Å². The molecule has 6 nitrogen and oxygen atoms in total. The standard InChI is InChI=1S/C74H136O6/c1-4-7-10-13-16-19-22-25-27-29-31-33-34-35-36-37-38-39-41-42-44-46-49-52-55-58-61-64-67-73(76)79-70-71(69-78-72(75)66-63-60-57-54-51-48-24-21-18-15-12-9-6-3)80-74(77)68-65-62-59-56-53-50-47-45-43-40-32-30-28-26-23-20-17-14-11-8-5-2/h12,15,21,23-24,26,30,32,71H,4-11,13-14,16-20,22,25,27-29,31,33-70H2,1-3H3/b15-12-,24-21-,26-23-,32-30-. The van der Waals surface area contributed by atoms with E-state index in [1.807, 2.05) is 0 Å². The van der Waals surface area contributed by atoms with Crippen LogP contribution in [-0.2, 0) is 28.6 Å². The van der Waals surface area contributed by atoms with Gasteiger partial charge in [-0.2, -0.15) is 0 Å². The van der Waals surface area contributed by atoms with E-state index < -0.39 is 6.10 Å². The van der Waals surface area contributed by atoms with Gasteiger partial charge in [0.2, 0.25) is 0 Å². The van der Waals surface area contributed by atoms with Gasteiger partial charge in [0.1, 0.15) is 13.2 Å². The Balaban J connectivity index is 4.21. The number of allylic oxidation sites excluding steroid dienone is 8. The lowest BCUT2D eigenvalue weighted by atomic mass is 10.0. The van der Waals surface area contributed by atoms with Gasteiger partial charge in [-0.3, -0.25) is 14.4 Å². The van der Waals surface area contributed by atoms with Gasteiger partial charge < -0.3 is 14.2 Å². The van der Waals surface area contributed by atoms with Crippen molar-refractivity contribution >= 4 is 17.9 Å². The van der Waals surface area contributed by atoms with E-state index in [0.717, 1.165) is 89.9 Å². The molecule has 0 saturated carbocycles. The second-order valence-corrected chi connectivity index (χ2v) is 24.1. The molecule has 468 valence electrons. The van der Waals surface area contributed by atoms with Crippen LogP contribution >= 0.6 is 0 Å². The molecule has 0 fully saturated rings. The van der Waals surface area contributed by atoms with Crippen LogP contribution in [0.5, 0.6) is 0 Å². The summed E-state index contributed by atoms with van der Waals surface area (Å²) in [5, 5.41) is 0. The van der Waals surface area contributed by atoms with Gasteiger partial charge in [0.25, 0.3) is 0 Å². The Labute approximate surface area is 498 Å².